The Morgan fingerprint density at radius 3 is 2.28 bits per heavy atom. The van der Waals surface area contributed by atoms with Gasteiger partial charge in [0.1, 0.15) is 0 Å². The topological polar surface area (TPSA) is 73.2 Å². The molecular formula is C23H23N3O2S. The Morgan fingerprint density at radius 2 is 1.59 bits per heavy atom. The highest BCUT2D eigenvalue weighted by Crippen LogP contribution is 2.26. The summed E-state index contributed by atoms with van der Waals surface area (Å²) in [5.41, 5.74) is 1.75. The summed E-state index contributed by atoms with van der Waals surface area (Å²) in [4.78, 5) is 2.59. The number of benzene rings is 3. The molecule has 1 N–H and O–H groups in total. The number of fused-ring (bicyclic) bond motifs is 1. The number of nitrogens with zero attached hydrogens (tertiary/aromatic N) is 2. The summed E-state index contributed by atoms with van der Waals surface area (Å²) in [6.45, 7) is 2.60. The largest absolute Gasteiger partial charge is 0.299 e. The van der Waals surface area contributed by atoms with Gasteiger partial charge in [-0.3, -0.25) is 4.90 Å². The second-order valence-electron chi connectivity index (χ2n) is 7.43. The molecule has 1 aliphatic heterocycles. The maximum absolute atomic E-state index is 13.1. The first-order valence-electron chi connectivity index (χ1n) is 9.77. The van der Waals surface area contributed by atoms with Crippen LogP contribution in [0.1, 0.15) is 24.0 Å². The van der Waals surface area contributed by atoms with Crippen molar-refractivity contribution in [2.45, 2.75) is 30.3 Å². The van der Waals surface area contributed by atoms with Crippen LogP contribution in [0.3, 0.4) is 0 Å². The fourth-order valence-corrected chi connectivity index (χ4v) is 5.45. The van der Waals surface area contributed by atoms with E-state index in [0.29, 0.717) is 16.3 Å². The van der Waals surface area contributed by atoms with E-state index in [2.05, 4.69) is 27.8 Å². The van der Waals surface area contributed by atoms with Crippen LogP contribution in [0, 0.1) is 11.3 Å². The smallest absolute Gasteiger partial charge is 0.241 e. The van der Waals surface area contributed by atoms with Gasteiger partial charge >= 0.3 is 0 Å². The Kier molecular flexibility index (Phi) is 5.63. The average molecular weight is 406 g/mol. The number of nitrogens with one attached hydrogen (secondary N) is 1. The summed E-state index contributed by atoms with van der Waals surface area (Å²) >= 11 is 0. The SMILES string of the molecule is N#Cc1ccc(S(=O)(=O)NC2CCN(Cc3ccccc3)CC2)c2ccccc12. The number of nitriles is 1. The zero-order chi connectivity index (χ0) is 20.3. The minimum absolute atomic E-state index is 0.0820. The molecule has 0 saturated carbocycles. The summed E-state index contributed by atoms with van der Waals surface area (Å²) in [7, 11) is -3.67. The van der Waals surface area contributed by atoms with Gasteiger partial charge in [0.05, 0.1) is 16.5 Å². The van der Waals surface area contributed by atoms with Gasteiger partial charge in [-0.1, -0.05) is 54.6 Å². The van der Waals surface area contributed by atoms with E-state index in [0.717, 1.165) is 32.5 Å². The Hall–Kier alpha value is -2.72. The quantitative estimate of drug-likeness (QED) is 0.703. The van der Waals surface area contributed by atoms with Crippen LogP contribution in [0.2, 0.25) is 0 Å². The maximum atomic E-state index is 13.1. The van der Waals surface area contributed by atoms with Crippen molar-refractivity contribution in [3.05, 3.63) is 77.9 Å². The standard InChI is InChI=1S/C23H23N3O2S/c24-16-19-10-11-23(22-9-5-4-8-21(19)22)29(27,28)25-20-12-14-26(15-13-20)17-18-6-2-1-3-7-18/h1-11,20,25H,12-15,17H2. The van der Waals surface area contributed by atoms with Crippen molar-refractivity contribution in [3.63, 3.8) is 0 Å². The Morgan fingerprint density at radius 1 is 0.931 bits per heavy atom. The number of rotatable bonds is 5. The molecule has 3 aromatic carbocycles. The van der Waals surface area contributed by atoms with Crippen molar-refractivity contribution >= 4 is 20.8 Å². The average Bonchev–Trinajstić information content (AvgIpc) is 2.75. The van der Waals surface area contributed by atoms with Gasteiger partial charge in [-0.2, -0.15) is 5.26 Å². The molecule has 0 radical (unpaired) electrons. The molecule has 3 aromatic rings. The van der Waals surface area contributed by atoms with Crippen LogP contribution < -0.4 is 4.72 Å². The van der Waals surface area contributed by atoms with E-state index in [4.69, 9.17) is 0 Å². The molecule has 0 atom stereocenters. The molecule has 0 aromatic heterocycles. The summed E-state index contributed by atoms with van der Waals surface area (Å²) < 4.78 is 29.0. The normalized spacial score (nSPS) is 16.0. The molecule has 0 amide bonds. The van der Waals surface area contributed by atoms with Gasteiger partial charge in [0.2, 0.25) is 10.0 Å². The minimum atomic E-state index is -3.67. The van der Waals surface area contributed by atoms with Gasteiger partial charge in [0, 0.05) is 36.4 Å². The third-order valence-corrected chi connectivity index (χ3v) is 7.03. The molecule has 6 heteroatoms. The highest BCUT2D eigenvalue weighted by atomic mass is 32.2. The number of hydrogen-bond acceptors (Lipinski definition) is 4. The van der Waals surface area contributed by atoms with Crippen LogP contribution in [-0.4, -0.2) is 32.4 Å². The van der Waals surface area contributed by atoms with Crippen LogP contribution >= 0.6 is 0 Å². The lowest BCUT2D eigenvalue weighted by atomic mass is 10.1. The zero-order valence-corrected chi connectivity index (χ0v) is 16.9. The highest BCUT2D eigenvalue weighted by Gasteiger charge is 2.26. The number of piperidine rings is 1. The Labute approximate surface area is 171 Å². The van der Waals surface area contributed by atoms with Crippen LogP contribution in [-0.2, 0) is 16.6 Å². The van der Waals surface area contributed by atoms with Gasteiger partial charge in [-0.05, 0) is 30.5 Å². The van der Waals surface area contributed by atoms with Crippen molar-refractivity contribution in [3.8, 4) is 6.07 Å². The van der Waals surface area contributed by atoms with Crippen molar-refractivity contribution in [2.75, 3.05) is 13.1 Å². The first kappa shape index (κ1) is 19.6. The lowest BCUT2D eigenvalue weighted by Gasteiger charge is -2.32. The molecule has 0 bridgehead atoms. The second kappa shape index (κ2) is 8.34. The fourth-order valence-electron chi connectivity index (χ4n) is 3.94. The first-order chi connectivity index (χ1) is 14.1. The fraction of sp³-hybridized carbons (Fsp3) is 0.261. The van der Waals surface area contributed by atoms with E-state index in [1.54, 1.807) is 24.3 Å². The van der Waals surface area contributed by atoms with Gasteiger partial charge in [-0.15, -0.1) is 0 Å². The third kappa shape index (κ3) is 4.33. The Balaban J connectivity index is 1.47. The minimum Gasteiger partial charge on any atom is -0.299 e. The van der Waals surface area contributed by atoms with E-state index >= 15 is 0 Å². The van der Waals surface area contributed by atoms with Gasteiger partial charge in [0.15, 0.2) is 0 Å². The molecule has 1 heterocycles. The molecular weight excluding hydrogens is 382 g/mol. The summed E-state index contributed by atoms with van der Waals surface area (Å²) in [6.07, 6.45) is 1.56. The molecule has 0 aliphatic carbocycles. The molecule has 1 saturated heterocycles. The summed E-state index contributed by atoms with van der Waals surface area (Å²) in [6, 6.07) is 22.6. The zero-order valence-electron chi connectivity index (χ0n) is 16.1. The molecule has 1 fully saturated rings. The van der Waals surface area contributed by atoms with Crippen LogP contribution in [0.25, 0.3) is 10.8 Å². The van der Waals surface area contributed by atoms with E-state index < -0.39 is 10.0 Å². The van der Waals surface area contributed by atoms with Gasteiger partial charge in [-0.25, -0.2) is 13.1 Å². The van der Waals surface area contributed by atoms with Crippen molar-refractivity contribution in [1.82, 2.24) is 9.62 Å². The number of hydrogen-bond donors (Lipinski definition) is 1. The molecule has 0 spiro atoms. The molecule has 5 nitrogen and oxygen atoms in total. The second-order valence-corrected chi connectivity index (χ2v) is 9.11. The Bertz CT molecular complexity index is 1150. The van der Waals surface area contributed by atoms with E-state index in [1.165, 1.54) is 11.6 Å². The highest BCUT2D eigenvalue weighted by molar-refractivity contribution is 7.89. The maximum Gasteiger partial charge on any atom is 0.241 e. The van der Waals surface area contributed by atoms with Crippen molar-refractivity contribution < 1.29 is 8.42 Å². The molecule has 4 rings (SSSR count). The lowest BCUT2D eigenvalue weighted by molar-refractivity contribution is 0.200. The first-order valence-corrected chi connectivity index (χ1v) is 11.3. The number of likely N-dealkylation sites (tertiary alicyclic amines) is 1. The van der Waals surface area contributed by atoms with Gasteiger partial charge < -0.3 is 0 Å². The van der Waals surface area contributed by atoms with E-state index in [-0.39, 0.29) is 10.9 Å². The third-order valence-electron chi connectivity index (χ3n) is 5.45. The van der Waals surface area contributed by atoms with Gasteiger partial charge in [0.25, 0.3) is 0 Å². The number of sulfonamides is 1. The van der Waals surface area contributed by atoms with Crippen molar-refractivity contribution in [1.29, 1.82) is 5.26 Å². The molecule has 0 unspecified atom stereocenters. The lowest BCUT2D eigenvalue weighted by Crippen LogP contribution is -2.44. The summed E-state index contributed by atoms with van der Waals surface area (Å²) in [5.74, 6) is 0. The van der Waals surface area contributed by atoms with Crippen LogP contribution in [0.5, 0.6) is 0 Å². The van der Waals surface area contributed by atoms with E-state index in [1.807, 2.05) is 24.3 Å². The summed E-state index contributed by atoms with van der Waals surface area (Å²) in [5, 5.41) is 10.5. The predicted molar refractivity (Wildman–Crippen MR) is 114 cm³/mol. The van der Waals surface area contributed by atoms with E-state index in [9.17, 15) is 13.7 Å². The molecule has 29 heavy (non-hydrogen) atoms. The van der Waals surface area contributed by atoms with Crippen LogP contribution in [0.4, 0.5) is 0 Å². The predicted octanol–water partition coefficient (Wildman–Crippen LogP) is 3.65. The van der Waals surface area contributed by atoms with Crippen molar-refractivity contribution in [2.24, 2.45) is 0 Å². The monoisotopic (exact) mass is 405 g/mol. The molecule has 1 aliphatic rings. The van der Waals surface area contributed by atoms with Crippen LogP contribution in [0.15, 0.2) is 71.6 Å². The molecule has 148 valence electrons.